The number of ether oxygens (including phenoxy) is 2. The van der Waals surface area contributed by atoms with Crippen molar-refractivity contribution in [2.75, 3.05) is 19.0 Å². The summed E-state index contributed by atoms with van der Waals surface area (Å²) in [6.45, 7) is 0.637. The summed E-state index contributed by atoms with van der Waals surface area (Å²) in [7, 11) is 1.57. The summed E-state index contributed by atoms with van der Waals surface area (Å²) in [5.41, 5.74) is 2.91. The number of methoxy groups -OCH3 is 1. The zero-order valence-electron chi connectivity index (χ0n) is 12.8. The van der Waals surface area contributed by atoms with Crippen molar-refractivity contribution in [2.24, 2.45) is 0 Å². The number of fused-ring (bicyclic) bond motifs is 1. The molecule has 0 saturated heterocycles. The number of amides is 1. The summed E-state index contributed by atoms with van der Waals surface area (Å²) in [6, 6.07) is 13.2. The van der Waals surface area contributed by atoms with Gasteiger partial charge in [-0.05, 0) is 29.7 Å². The van der Waals surface area contributed by atoms with Crippen molar-refractivity contribution >= 4 is 23.2 Å². The van der Waals surface area contributed by atoms with E-state index >= 15 is 0 Å². The van der Waals surface area contributed by atoms with Gasteiger partial charge in [0.15, 0.2) is 0 Å². The van der Waals surface area contributed by atoms with Gasteiger partial charge in [-0.2, -0.15) is 0 Å². The lowest BCUT2D eigenvalue weighted by molar-refractivity contribution is -0.119. The molecule has 2 aromatic rings. The SMILES string of the molecule is COc1ccc(NC(=O)CC2OCCc3ccccc32)c(Cl)c1. The number of nitrogens with one attached hydrogen (secondary N) is 1. The Labute approximate surface area is 140 Å². The third-order valence-electron chi connectivity index (χ3n) is 3.91. The van der Waals surface area contributed by atoms with Crippen molar-refractivity contribution in [1.29, 1.82) is 0 Å². The van der Waals surface area contributed by atoms with Gasteiger partial charge < -0.3 is 14.8 Å². The maximum atomic E-state index is 12.3. The normalized spacial score (nSPS) is 16.5. The lowest BCUT2D eigenvalue weighted by Gasteiger charge is -2.25. The van der Waals surface area contributed by atoms with Crippen LogP contribution in [0.1, 0.15) is 23.7 Å². The van der Waals surface area contributed by atoms with Crippen LogP contribution in [-0.2, 0) is 16.0 Å². The molecule has 1 atom stereocenters. The van der Waals surface area contributed by atoms with Gasteiger partial charge in [0.05, 0.1) is 37.0 Å². The highest BCUT2D eigenvalue weighted by atomic mass is 35.5. The summed E-state index contributed by atoms with van der Waals surface area (Å²) in [4.78, 5) is 12.3. The van der Waals surface area contributed by atoms with Crippen LogP contribution < -0.4 is 10.1 Å². The second kappa shape index (κ2) is 7.02. The average Bonchev–Trinajstić information content (AvgIpc) is 2.57. The lowest BCUT2D eigenvalue weighted by Crippen LogP contribution is -2.22. The fraction of sp³-hybridized carbons (Fsp3) is 0.278. The van der Waals surface area contributed by atoms with E-state index in [1.807, 2.05) is 18.2 Å². The number of hydrogen-bond donors (Lipinski definition) is 1. The van der Waals surface area contributed by atoms with Crippen LogP contribution in [0.2, 0.25) is 5.02 Å². The Kier molecular flexibility index (Phi) is 4.84. The number of benzene rings is 2. The van der Waals surface area contributed by atoms with Crippen molar-refractivity contribution in [3.05, 3.63) is 58.6 Å². The number of hydrogen-bond acceptors (Lipinski definition) is 3. The minimum Gasteiger partial charge on any atom is -0.497 e. The predicted molar refractivity (Wildman–Crippen MR) is 90.1 cm³/mol. The summed E-state index contributed by atoms with van der Waals surface area (Å²) in [5, 5.41) is 3.28. The second-order valence-electron chi connectivity index (χ2n) is 5.41. The Morgan fingerprint density at radius 1 is 1.35 bits per heavy atom. The first-order chi connectivity index (χ1) is 11.2. The van der Waals surface area contributed by atoms with E-state index in [0.29, 0.717) is 23.1 Å². The molecule has 1 unspecified atom stereocenters. The first-order valence-corrected chi connectivity index (χ1v) is 7.88. The van der Waals surface area contributed by atoms with Gasteiger partial charge in [0.1, 0.15) is 5.75 Å². The molecule has 0 spiro atoms. The molecule has 3 rings (SSSR count). The topological polar surface area (TPSA) is 47.6 Å². The van der Waals surface area contributed by atoms with Gasteiger partial charge in [-0.15, -0.1) is 0 Å². The predicted octanol–water partition coefficient (Wildman–Crippen LogP) is 3.99. The molecule has 1 amide bonds. The smallest absolute Gasteiger partial charge is 0.227 e. The average molecular weight is 332 g/mol. The fourth-order valence-electron chi connectivity index (χ4n) is 2.74. The summed E-state index contributed by atoms with van der Waals surface area (Å²) in [5.74, 6) is 0.524. The highest BCUT2D eigenvalue weighted by Gasteiger charge is 2.23. The molecular weight excluding hydrogens is 314 g/mol. The molecule has 1 heterocycles. The summed E-state index contributed by atoms with van der Waals surface area (Å²) < 4.78 is 10.9. The molecule has 0 aromatic heterocycles. The van der Waals surface area contributed by atoms with Gasteiger partial charge in [0, 0.05) is 6.07 Å². The highest BCUT2D eigenvalue weighted by Crippen LogP contribution is 2.31. The van der Waals surface area contributed by atoms with Gasteiger partial charge >= 0.3 is 0 Å². The fourth-order valence-corrected chi connectivity index (χ4v) is 2.96. The molecule has 1 aliphatic rings. The second-order valence-corrected chi connectivity index (χ2v) is 5.81. The number of rotatable bonds is 4. The van der Waals surface area contributed by atoms with E-state index in [2.05, 4.69) is 11.4 Å². The largest absolute Gasteiger partial charge is 0.497 e. The lowest BCUT2D eigenvalue weighted by atomic mass is 9.95. The van der Waals surface area contributed by atoms with Crippen molar-refractivity contribution in [1.82, 2.24) is 0 Å². The van der Waals surface area contributed by atoms with Gasteiger partial charge in [-0.25, -0.2) is 0 Å². The van der Waals surface area contributed by atoms with Gasteiger partial charge in [0.25, 0.3) is 0 Å². The van der Waals surface area contributed by atoms with E-state index in [4.69, 9.17) is 21.1 Å². The maximum Gasteiger partial charge on any atom is 0.227 e. The van der Waals surface area contributed by atoms with Crippen molar-refractivity contribution < 1.29 is 14.3 Å². The monoisotopic (exact) mass is 331 g/mol. The Hall–Kier alpha value is -2.04. The van der Waals surface area contributed by atoms with Gasteiger partial charge in [-0.1, -0.05) is 35.9 Å². The van der Waals surface area contributed by atoms with Crippen LogP contribution in [0.25, 0.3) is 0 Å². The molecule has 0 aliphatic carbocycles. The first-order valence-electron chi connectivity index (χ1n) is 7.50. The standard InChI is InChI=1S/C18H18ClNO3/c1-22-13-6-7-16(15(19)10-13)20-18(21)11-17-14-5-3-2-4-12(14)8-9-23-17/h2-7,10,17H,8-9,11H2,1H3,(H,20,21). The molecule has 1 N–H and O–H groups in total. The molecule has 0 radical (unpaired) electrons. The molecule has 4 nitrogen and oxygen atoms in total. The van der Waals surface area contributed by atoms with Gasteiger partial charge in [-0.3, -0.25) is 4.79 Å². The van der Waals surface area contributed by atoms with Crippen molar-refractivity contribution in [3.63, 3.8) is 0 Å². The zero-order chi connectivity index (χ0) is 16.2. The molecule has 2 aromatic carbocycles. The number of carbonyl (C=O) groups is 1. The first kappa shape index (κ1) is 15.8. The van der Waals surface area contributed by atoms with Crippen molar-refractivity contribution in [2.45, 2.75) is 18.9 Å². The van der Waals surface area contributed by atoms with E-state index in [0.717, 1.165) is 12.0 Å². The molecule has 0 fully saturated rings. The van der Waals surface area contributed by atoms with Crippen LogP contribution in [0.5, 0.6) is 5.75 Å². The molecule has 0 bridgehead atoms. The molecular formula is C18H18ClNO3. The molecule has 120 valence electrons. The third kappa shape index (κ3) is 3.66. The Bertz CT molecular complexity index is 717. The van der Waals surface area contributed by atoms with E-state index in [1.165, 1.54) is 5.56 Å². The molecule has 23 heavy (non-hydrogen) atoms. The van der Waals surface area contributed by atoms with E-state index in [1.54, 1.807) is 25.3 Å². The number of carbonyl (C=O) groups excluding carboxylic acids is 1. The zero-order valence-corrected chi connectivity index (χ0v) is 13.6. The highest BCUT2D eigenvalue weighted by molar-refractivity contribution is 6.33. The van der Waals surface area contributed by atoms with E-state index in [-0.39, 0.29) is 18.4 Å². The molecule has 1 aliphatic heterocycles. The number of halogens is 1. The van der Waals surface area contributed by atoms with Crippen LogP contribution in [0, 0.1) is 0 Å². The summed E-state index contributed by atoms with van der Waals surface area (Å²) >= 11 is 6.15. The molecule has 5 heteroatoms. The maximum absolute atomic E-state index is 12.3. The van der Waals surface area contributed by atoms with E-state index < -0.39 is 0 Å². The van der Waals surface area contributed by atoms with Crippen LogP contribution in [0.3, 0.4) is 0 Å². The van der Waals surface area contributed by atoms with Gasteiger partial charge in [0.2, 0.25) is 5.91 Å². The van der Waals surface area contributed by atoms with Crippen LogP contribution in [0.15, 0.2) is 42.5 Å². The molecule has 0 saturated carbocycles. The van der Waals surface area contributed by atoms with E-state index in [9.17, 15) is 4.79 Å². The minimum atomic E-state index is -0.211. The van der Waals surface area contributed by atoms with Crippen molar-refractivity contribution in [3.8, 4) is 5.75 Å². The quantitative estimate of drug-likeness (QED) is 0.921. The Morgan fingerprint density at radius 3 is 2.96 bits per heavy atom. The van der Waals surface area contributed by atoms with Crippen LogP contribution in [-0.4, -0.2) is 19.6 Å². The summed E-state index contributed by atoms with van der Waals surface area (Å²) in [6.07, 6.45) is 0.940. The minimum absolute atomic E-state index is 0.126. The van der Waals surface area contributed by atoms with Crippen LogP contribution >= 0.6 is 11.6 Å². The Balaban J connectivity index is 1.69. The van der Waals surface area contributed by atoms with Crippen LogP contribution in [0.4, 0.5) is 5.69 Å². The Morgan fingerprint density at radius 2 is 2.17 bits per heavy atom. The number of anilines is 1. The third-order valence-corrected chi connectivity index (χ3v) is 4.23.